The van der Waals surface area contributed by atoms with E-state index in [4.69, 9.17) is 4.98 Å². The molecule has 38 heavy (non-hydrogen) atoms. The number of benzene rings is 2. The number of aryl methyl sites for hydroxylation is 1. The van der Waals surface area contributed by atoms with Gasteiger partial charge in [0.15, 0.2) is 0 Å². The van der Waals surface area contributed by atoms with E-state index in [-0.39, 0.29) is 5.92 Å². The molecule has 2 aromatic heterocycles. The van der Waals surface area contributed by atoms with Gasteiger partial charge in [-0.25, -0.2) is 18.4 Å². The van der Waals surface area contributed by atoms with E-state index >= 15 is 0 Å². The van der Waals surface area contributed by atoms with Gasteiger partial charge in [0.25, 0.3) is 10.0 Å². The Morgan fingerprint density at radius 3 is 2.55 bits per heavy atom. The topological polar surface area (TPSA) is 87.2 Å². The van der Waals surface area contributed by atoms with E-state index < -0.39 is 10.0 Å². The van der Waals surface area contributed by atoms with E-state index in [0.717, 1.165) is 59.6 Å². The number of thiophene rings is 1. The molecule has 2 N–H and O–H groups in total. The number of hydrogen-bond acceptors (Lipinski definition) is 7. The molecule has 1 aliphatic rings. The lowest BCUT2D eigenvalue weighted by Gasteiger charge is -2.27. The van der Waals surface area contributed by atoms with Crippen LogP contribution in [0.5, 0.6) is 0 Å². The first-order valence-electron chi connectivity index (χ1n) is 12.8. The van der Waals surface area contributed by atoms with E-state index in [1.165, 1.54) is 16.9 Å². The summed E-state index contributed by atoms with van der Waals surface area (Å²) < 4.78 is 28.5. The highest BCUT2D eigenvalue weighted by Gasteiger charge is 2.27. The number of rotatable bonds is 10. The lowest BCUT2D eigenvalue weighted by molar-refractivity contribution is 0.396. The molecule has 0 fully saturated rings. The van der Waals surface area contributed by atoms with E-state index in [1.807, 2.05) is 49.5 Å². The van der Waals surface area contributed by atoms with Gasteiger partial charge >= 0.3 is 0 Å². The standard InChI is InChI=1S/C29H33N5O2S2/c1-20-10-15-27(37-20)38(35,36)33-23-13-11-21(12-14-23)26-18-22-19-31-29(30-16-6-7-17-34(2)3)32-28(22)25-9-5-4-8-24(25)26/h4-5,8-15,19,26,33H,6-7,16-18H2,1-3H3,(H,30,31,32). The van der Waals surface area contributed by atoms with E-state index in [2.05, 4.69) is 52.2 Å². The fourth-order valence-corrected chi connectivity index (χ4v) is 7.16. The Balaban J connectivity index is 1.33. The van der Waals surface area contributed by atoms with Crippen LogP contribution in [-0.2, 0) is 16.4 Å². The Kier molecular flexibility index (Phi) is 7.78. The molecule has 7 nitrogen and oxygen atoms in total. The molecule has 2 aromatic carbocycles. The summed E-state index contributed by atoms with van der Waals surface area (Å²) in [6.45, 7) is 3.82. The first kappa shape index (κ1) is 26.3. The molecule has 9 heteroatoms. The van der Waals surface area contributed by atoms with Crippen LogP contribution >= 0.6 is 11.3 Å². The van der Waals surface area contributed by atoms with E-state index in [9.17, 15) is 8.42 Å². The molecule has 0 amide bonds. The number of fused-ring (bicyclic) bond motifs is 3. The molecule has 1 unspecified atom stereocenters. The van der Waals surface area contributed by atoms with Gasteiger partial charge < -0.3 is 10.2 Å². The summed E-state index contributed by atoms with van der Waals surface area (Å²) in [5.41, 5.74) is 6.12. The summed E-state index contributed by atoms with van der Waals surface area (Å²) in [5.74, 6) is 0.803. The van der Waals surface area contributed by atoms with Crippen LogP contribution in [0.2, 0.25) is 0 Å². The monoisotopic (exact) mass is 547 g/mol. The smallest absolute Gasteiger partial charge is 0.271 e. The maximum atomic E-state index is 12.7. The van der Waals surface area contributed by atoms with Crippen molar-refractivity contribution in [1.29, 1.82) is 0 Å². The zero-order valence-electron chi connectivity index (χ0n) is 21.9. The van der Waals surface area contributed by atoms with Gasteiger partial charge in [-0.3, -0.25) is 4.72 Å². The average Bonchev–Trinajstić information content (AvgIpc) is 3.35. The van der Waals surface area contributed by atoms with Crippen molar-refractivity contribution < 1.29 is 8.42 Å². The van der Waals surface area contributed by atoms with Crippen LogP contribution in [0, 0.1) is 6.92 Å². The number of nitrogens with one attached hydrogen (secondary N) is 2. The maximum absolute atomic E-state index is 12.7. The summed E-state index contributed by atoms with van der Waals surface area (Å²) in [7, 11) is 0.588. The normalized spacial score (nSPS) is 14.7. The van der Waals surface area contributed by atoms with Gasteiger partial charge in [-0.05, 0) is 87.8 Å². The molecule has 0 aliphatic heterocycles. The van der Waals surface area contributed by atoms with Gasteiger partial charge in [-0.1, -0.05) is 36.4 Å². The summed E-state index contributed by atoms with van der Waals surface area (Å²) >= 11 is 1.27. The highest BCUT2D eigenvalue weighted by molar-refractivity contribution is 7.94. The van der Waals surface area contributed by atoms with Crippen LogP contribution in [0.25, 0.3) is 11.3 Å². The third-order valence-electron chi connectivity index (χ3n) is 6.74. The van der Waals surface area contributed by atoms with Gasteiger partial charge in [0.1, 0.15) is 4.21 Å². The first-order valence-corrected chi connectivity index (χ1v) is 15.1. The van der Waals surface area contributed by atoms with Crippen LogP contribution in [-0.4, -0.2) is 50.5 Å². The number of nitrogens with zero attached hydrogens (tertiary/aromatic N) is 3. The third-order valence-corrected chi connectivity index (χ3v) is 9.61. The Morgan fingerprint density at radius 2 is 1.82 bits per heavy atom. The van der Waals surface area contributed by atoms with Crippen molar-refractivity contribution in [1.82, 2.24) is 14.9 Å². The van der Waals surface area contributed by atoms with Crippen LogP contribution in [0.1, 0.15) is 40.3 Å². The summed E-state index contributed by atoms with van der Waals surface area (Å²) in [4.78, 5) is 12.7. The Bertz CT molecular complexity index is 1510. The molecule has 4 aromatic rings. The second-order valence-electron chi connectivity index (χ2n) is 9.94. The summed E-state index contributed by atoms with van der Waals surface area (Å²) in [5, 5.41) is 3.38. The molecule has 0 saturated heterocycles. The van der Waals surface area contributed by atoms with Crippen LogP contribution in [0.3, 0.4) is 0 Å². The molecule has 0 radical (unpaired) electrons. The van der Waals surface area contributed by atoms with Crippen molar-refractivity contribution in [3.8, 4) is 11.3 Å². The van der Waals surface area contributed by atoms with Crippen LogP contribution in [0.15, 0.2) is 71.1 Å². The molecular formula is C29H33N5O2S2. The van der Waals surface area contributed by atoms with Crippen molar-refractivity contribution in [2.24, 2.45) is 0 Å². The van der Waals surface area contributed by atoms with Crippen LogP contribution in [0.4, 0.5) is 11.6 Å². The number of aromatic nitrogens is 2. The van der Waals surface area contributed by atoms with Crippen molar-refractivity contribution >= 4 is 33.0 Å². The minimum Gasteiger partial charge on any atom is -0.354 e. The van der Waals surface area contributed by atoms with Crippen molar-refractivity contribution in [2.45, 2.75) is 36.3 Å². The summed E-state index contributed by atoms with van der Waals surface area (Å²) in [6.07, 6.45) is 4.92. The van der Waals surface area contributed by atoms with Crippen molar-refractivity contribution in [2.75, 3.05) is 37.2 Å². The van der Waals surface area contributed by atoms with Gasteiger partial charge in [0.05, 0.1) is 5.69 Å². The van der Waals surface area contributed by atoms with Crippen LogP contribution < -0.4 is 10.0 Å². The maximum Gasteiger partial charge on any atom is 0.271 e. The molecule has 1 aliphatic carbocycles. The predicted molar refractivity (Wildman–Crippen MR) is 156 cm³/mol. The fraction of sp³-hybridized carbons (Fsp3) is 0.310. The zero-order chi connectivity index (χ0) is 26.7. The molecule has 0 saturated carbocycles. The second kappa shape index (κ2) is 11.2. The minimum absolute atomic E-state index is 0.137. The highest BCUT2D eigenvalue weighted by Crippen LogP contribution is 2.42. The van der Waals surface area contributed by atoms with E-state index in [1.54, 1.807) is 6.07 Å². The zero-order valence-corrected chi connectivity index (χ0v) is 23.6. The van der Waals surface area contributed by atoms with Crippen molar-refractivity contribution in [3.05, 3.63) is 88.4 Å². The largest absolute Gasteiger partial charge is 0.354 e. The van der Waals surface area contributed by atoms with E-state index in [0.29, 0.717) is 15.8 Å². The van der Waals surface area contributed by atoms with Gasteiger partial charge in [0, 0.05) is 34.8 Å². The predicted octanol–water partition coefficient (Wildman–Crippen LogP) is 5.76. The SMILES string of the molecule is Cc1ccc(S(=O)(=O)Nc2ccc(C3Cc4cnc(NCCCCN(C)C)nc4-c4ccccc43)cc2)s1. The summed E-state index contributed by atoms with van der Waals surface area (Å²) in [6, 6.07) is 19.5. The number of unbranched alkanes of at least 4 members (excludes halogenated alkanes) is 1. The van der Waals surface area contributed by atoms with Gasteiger partial charge in [-0.15, -0.1) is 11.3 Å². The molecule has 0 bridgehead atoms. The minimum atomic E-state index is -3.59. The number of sulfonamides is 1. The second-order valence-corrected chi connectivity index (χ2v) is 13.1. The molecule has 198 valence electrons. The fourth-order valence-electron chi connectivity index (χ4n) is 4.82. The molecule has 2 heterocycles. The quantitative estimate of drug-likeness (QED) is 0.246. The Morgan fingerprint density at radius 1 is 1.03 bits per heavy atom. The van der Waals surface area contributed by atoms with Crippen molar-refractivity contribution in [3.63, 3.8) is 0 Å². The molecular weight excluding hydrogens is 514 g/mol. The lowest BCUT2D eigenvalue weighted by Crippen LogP contribution is -2.17. The molecule has 0 spiro atoms. The lowest BCUT2D eigenvalue weighted by atomic mass is 9.78. The number of anilines is 2. The first-order chi connectivity index (χ1) is 18.3. The number of hydrogen-bond donors (Lipinski definition) is 2. The van der Waals surface area contributed by atoms with Gasteiger partial charge in [-0.2, -0.15) is 0 Å². The Labute approximate surface area is 229 Å². The highest BCUT2D eigenvalue weighted by atomic mass is 32.2. The van der Waals surface area contributed by atoms with Gasteiger partial charge in [0.2, 0.25) is 5.95 Å². The third kappa shape index (κ3) is 5.90. The molecule has 1 atom stereocenters. The Hall–Kier alpha value is -3.27. The molecule has 5 rings (SSSR count). The average molecular weight is 548 g/mol.